The third-order valence-electron chi connectivity index (χ3n) is 3.14. The smallest absolute Gasteiger partial charge is 0.211 e. The van der Waals surface area contributed by atoms with Crippen LogP contribution in [0.4, 0.5) is 0 Å². The summed E-state index contributed by atoms with van der Waals surface area (Å²) in [7, 11) is 0. The number of nitrogens with zero attached hydrogens (tertiary/aromatic N) is 4. The Morgan fingerprint density at radius 3 is 2.16 bits per heavy atom. The molecule has 0 aromatic carbocycles. The molecular formula is C11H10N4O4. The standard InChI is InChI=1S/C11H10N4O4/c16-5-12-9-3-1-2-4-11(9,15-8-19)10(13-6-17)14-7-18/h9-10H,1-4H2. The summed E-state index contributed by atoms with van der Waals surface area (Å²) in [6.45, 7) is 0. The van der Waals surface area contributed by atoms with Crippen LogP contribution in [0.1, 0.15) is 25.7 Å². The maximum atomic E-state index is 10.6. The van der Waals surface area contributed by atoms with Crippen LogP contribution in [-0.2, 0) is 19.2 Å². The van der Waals surface area contributed by atoms with Crippen molar-refractivity contribution in [2.24, 2.45) is 20.0 Å². The molecule has 1 rings (SSSR count). The fourth-order valence-electron chi connectivity index (χ4n) is 2.33. The van der Waals surface area contributed by atoms with Gasteiger partial charge in [-0.3, -0.25) is 0 Å². The van der Waals surface area contributed by atoms with Crippen LogP contribution in [0, 0.1) is 0 Å². The first kappa shape index (κ1) is 14.6. The average molecular weight is 262 g/mol. The van der Waals surface area contributed by atoms with E-state index < -0.39 is 17.7 Å². The van der Waals surface area contributed by atoms with Crippen LogP contribution in [0.2, 0.25) is 0 Å². The molecule has 0 amide bonds. The molecule has 0 N–H and O–H groups in total. The molecule has 8 heteroatoms. The minimum absolute atomic E-state index is 0.291. The van der Waals surface area contributed by atoms with Gasteiger partial charge in [-0.25, -0.2) is 19.2 Å². The number of isocyanates is 4. The van der Waals surface area contributed by atoms with E-state index in [2.05, 4.69) is 20.0 Å². The van der Waals surface area contributed by atoms with Crippen molar-refractivity contribution in [3.05, 3.63) is 0 Å². The molecule has 0 spiro atoms. The summed E-state index contributed by atoms with van der Waals surface area (Å²) >= 11 is 0. The molecule has 0 aromatic rings. The highest BCUT2D eigenvalue weighted by molar-refractivity contribution is 5.42. The molecule has 8 nitrogen and oxygen atoms in total. The number of hydrogen-bond acceptors (Lipinski definition) is 8. The van der Waals surface area contributed by atoms with Crippen molar-refractivity contribution in [3.8, 4) is 0 Å². The molecular weight excluding hydrogens is 252 g/mol. The molecule has 1 fully saturated rings. The van der Waals surface area contributed by atoms with Gasteiger partial charge in [0.05, 0.1) is 6.04 Å². The molecule has 0 bridgehead atoms. The second-order valence-electron chi connectivity index (χ2n) is 3.99. The van der Waals surface area contributed by atoms with Gasteiger partial charge in [0.15, 0.2) is 6.17 Å². The predicted molar refractivity (Wildman–Crippen MR) is 61.3 cm³/mol. The van der Waals surface area contributed by atoms with Gasteiger partial charge in [-0.1, -0.05) is 12.8 Å². The zero-order valence-corrected chi connectivity index (χ0v) is 9.90. The summed E-state index contributed by atoms with van der Waals surface area (Å²) in [6.07, 6.45) is 6.17. The average Bonchev–Trinajstić information content (AvgIpc) is 2.41. The van der Waals surface area contributed by atoms with Crippen LogP contribution >= 0.6 is 0 Å². The molecule has 19 heavy (non-hydrogen) atoms. The van der Waals surface area contributed by atoms with Crippen LogP contribution in [0.15, 0.2) is 20.0 Å². The Morgan fingerprint density at radius 1 is 0.947 bits per heavy atom. The third kappa shape index (κ3) is 3.05. The molecule has 1 saturated carbocycles. The zero-order chi connectivity index (χ0) is 14.1. The van der Waals surface area contributed by atoms with Crippen molar-refractivity contribution in [2.45, 2.75) is 43.4 Å². The number of aliphatic imine (C=N–C) groups is 4. The Bertz CT molecular complexity index is 505. The molecule has 0 heterocycles. The Balaban J connectivity index is 3.39. The summed E-state index contributed by atoms with van der Waals surface area (Å²) in [5, 5.41) is 0. The van der Waals surface area contributed by atoms with E-state index >= 15 is 0 Å². The first-order valence-corrected chi connectivity index (χ1v) is 5.55. The molecule has 98 valence electrons. The summed E-state index contributed by atoms with van der Waals surface area (Å²) in [6, 6.07) is -0.737. The summed E-state index contributed by atoms with van der Waals surface area (Å²) in [4.78, 5) is 55.9. The minimum Gasteiger partial charge on any atom is -0.211 e. The molecule has 1 aliphatic rings. The SMILES string of the molecule is O=C=NC1CCCCC1(N=C=O)C(N=C=O)N=C=O. The monoisotopic (exact) mass is 262 g/mol. The highest BCUT2D eigenvalue weighted by atomic mass is 16.1. The van der Waals surface area contributed by atoms with Crippen molar-refractivity contribution in [1.82, 2.24) is 0 Å². The van der Waals surface area contributed by atoms with Crippen molar-refractivity contribution >= 4 is 24.3 Å². The fourth-order valence-corrected chi connectivity index (χ4v) is 2.33. The summed E-state index contributed by atoms with van der Waals surface area (Å²) < 4.78 is 0. The lowest BCUT2D eigenvalue weighted by Gasteiger charge is -2.37. The molecule has 0 aromatic heterocycles. The van der Waals surface area contributed by atoms with Crippen molar-refractivity contribution < 1.29 is 19.2 Å². The fraction of sp³-hybridized carbons (Fsp3) is 0.636. The van der Waals surface area contributed by atoms with E-state index in [4.69, 9.17) is 0 Å². The van der Waals surface area contributed by atoms with Gasteiger partial charge in [0.1, 0.15) is 5.54 Å². The van der Waals surface area contributed by atoms with Gasteiger partial charge >= 0.3 is 0 Å². The maximum Gasteiger partial charge on any atom is 0.237 e. The van der Waals surface area contributed by atoms with E-state index in [-0.39, 0.29) is 0 Å². The highest BCUT2D eigenvalue weighted by Gasteiger charge is 2.48. The van der Waals surface area contributed by atoms with Crippen molar-refractivity contribution in [1.29, 1.82) is 0 Å². The van der Waals surface area contributed by atoms with Gasteiger partial charge in [0.25, 0.3) is 0 Å². The first-order valence-electron chi connectivity index (χ1n) is 5.55. The molecule has 0 saturated heterocycles. The number of rotatable bonds is 5. The topological polar surface area (TPSA) is 118 Å². The molecule has 1 aliphatic carbocycles. The van der Waals surface area contributed by atoms with E-state index in [1.54, 1.807) is 0 Å². The molecule has 0 aliphatic heterocycles. The lowest BCUT2D eigenvalue weighted by atomic mass is 9.76. The normalized spacial score (nSPS) is 26.6. The highest BCUT2D eigenvalue weighted by Crippen LogP contribution is 2.38. The van der Waals surface area contributed by atoms with Crippen molar-refractivity contribution in [3.63, 3.8) is 0 Å². The predicted octanol–water partition coefficient (Wildman–Crippen LogP) is 0.337. The molecule has 2 unspecified atom stereocenters. The maximum absolute atomic E-state index is 10.6. The van der Waals surface area contributed by atoms with E-state index in [0.29, 0.717) is 19.3 Å². The second kappa shape index (κ2) is 7.07. The largest absolute Gasteiger partial charge is 0.237 e. The quantitative estimate of drug-likeness (QED) is 0.524. The number of carbonyl (C=O) groups excluding carboxylic acids is 4. The number of hydrogen-bond donors (Lipinski definition) is 0. The van der Waals surface area contributed by atoms with Crippen LogP contribution in [-0.4, -0.2) is 42.1 Å². The van der Waals surface area contributed by atoms with Gasteiger partial charge in [0, 0.05) is 0 Å². The van der Waals surface area contributed by atoms with E-state index in [1.807, 2.05) is 0 Å². The summed E-state index contributed by atoms with van der Waals surface area (Å²) in [5.41, 5.74) is -1.37. The van der Waals surface area contributed by atoms with E-state index in [0.717, 1.165) is 6.42 Å². The van der Waals surface area contributed by atoms with E-state index in [9.17, 15) is 19.2 Å². The minimum atomic E-state index is -1.37. The first-order chi connectivity index (χ1) is 9.25. The van der Waals surface area contributed by atoms with E-state index in [1.165, 1.54) is 24.3 Å². The van der Waals surface area contributed by atoms with Gasteiger partial charge < -0.3 is 0 Å². The Labute approximate surface area is 108 Å². The van der Waals surface area contributed by atoms with Crippen LogP contribution in [0.5, 0.6) is 0 Å². The van der Waals surface area contributed by atoms with Crippen LogP contribution in [0.3, 0.4) is 0 Å². The zero-order valence-electron chi connectivity index (χ0n) is 9.90. The molecule has 2 atom stereocenters. The second-order valence-corrected chi connectivity index (χ2v) is 3.99. The Hall–Kier alpha value is -2.48. The van der Waals surface area contributed by atoms with Gasteiger partial charge in [-0.05, 0) is 12.8 Å². The van der Waals surface area contributed by atoms with Gasteiger partial charge in [-0.2, -0.15) is 20.0 Å². The van der Waals surface area contributed by atoms with Gasteiger partial charge in [0.2, 0.25) is 24.3 Å². The Kier molecular flexibility index (Phi) is 5.42. The Morgan fingerprint density at radius 2 is 1.63 bits per heavy atom. The van der Waals surface area contributed by atoms with Crippen LogP contribution in [0.25, 0.3) is 0 Å². The third-order valence-corrected chi connectivity index (χ3v) is 3.14. The van der Waals surface area contributed by atoms with Crippen LogP contribution < -0.4 is 0 Å². The lowest BCUT2D eigenvalue weighted by molar-refractivity contribution is 0.218. The lowest BCUT2D eigenvalue weighted by Crippen LogP contribution is -2.50. The summed E-state index contributed by atoms with van der Waals surface area (Å²) in [5.74, 6) is 0. The molecule has 0 radical (unpaired) electrons. The van der Waals surface area contributed by atoms with Gasteiger partial charge in [-0.15, -0.1) is 0 Å². The van der Waals surface area contributed by atoms with Crippen molar-refractivity contribution in [2.75, 3.05) is 0 Å².